The van der Waals surface area contributed by atoms with Gasteiger partial charge in [0.05, 0.1) is 14.2 Å². The summed E-state index contributed by atoms with van der Waals surface area (Å²) < 4.78 is 46.0. The first-order chi connectivity index (χ1) is 15.9. The SMILES string of the molecule is COc1ccc(S(=O)(=O)Nc2ccc(Oc3cc(-n4cccn4)nc(C)n3)cc2)c(OC)c1. The van der Waals surface area contributed by atoms with Crippen molar-refractivity contribution < 1.29 is 22.6 Å². The van der Waals surface area contributed by atoms with E-state index >= 15 is 0 Å². The van der Waals surface area contributed by atoms with Crippen LogP contribution in [0.1, 0.15) is 5.82 Å². The van der Waals surface area contributed by atoms with Crippen molar-refractivity contribution >= 4 is 15.7 Å². The summed E-state index contributed by atoms with van der Waals surface area (Å²) in [5.74, 6) is 2.57. The van der Waals surface area contributed by atoms with E-state index in [0.717, 1.165) is 0 Å². The number of hydrogen-bond donors (Lipinski definition) is 1. The lowest BCUT2D eigenvalue weighted by Gasteiger charge is -2.13. The van der Waals surface area contributed by atoms with E-state index < -0.39 is 10.0 Å². The minimum Gasteiger partial charge on any atom is -0.497 e. The number of methoxy groups -OCH3 is 2. The zero-order valence-corrected chi connectivity index (χ0v) is 18.9. The monoisotopic (exact) mass is 467 g/mol. The summed E-state index contributed by atoms with van der Waals surface area (Å²) >= 11 is 0. The van der Waals surface area contributed by atoms with Crippen molar-refractivity contribution in [2.24, 2.45) is 0 Å². The Bertz CT molecular complexity index is 1360. The van der Waals surface area contributed by atoms with Crippen molar-refractivity contribution in [3.05, 3.63) is 72.8 Å². The van der Waals surface area contributed by atoms with Crippen molar-refractivity contribution in [1.82, 2.24) is 19.7 Å². The summed E-state index contributed by atoms with van der Waals surface area (Å²) in [4.78, 5) is 8.62. The number of hydrogen-bond acceptors (Lipinski definition) is 8. The van der Waals surface area contributed by atoms with E-state index in [-0.39, 0.29) is 10.6 Å². The summed E-state index contributed by atoms with van der Waals surface area (Å²) in [5.41, 5.74) is 0.358. The molecule has 0 amide bonds. The second-order valence-electron chi connectivity index (χ2n) is 6.81. The molecule has 0 radical (unpaired) electrons. The number of nitrogens with zero attached hydrogens (tertiary/aromatic N) is 4. The van der Waals surface area contributed by atoms with Gasteiger partial charge in [-0.3, -0.25) is 4.72 Å². The zero-order chi connectivity index (χ0) is 23.4. The molecule has 0 spiro atoms. The lowest BCUT2D eigenvalue weighted by molar-refractivity contribution is 0.386. The highest BCUT2D eigenvalue weighted by atomic mass is 32.2. The van der Waals surface area contributed by atoms with Crippen molar-refractivity contribution in [3.8, 4) is 28.9 Å². The van der Waals surface area contributed by atoms with E-state index in [2.05, 4.69) is 19.8 Å². The highest BCUT2D eigenvalue weighted by molar-refractivity contribution is 7.92. The predicted octanol–water partition coefficient (Wildman–Crippen LogP) is 3.58. The Morgan fingerprint density at radius 2 is 1.70 bits per heavy atom. The Hall–Kier alpha value is -4.12. The molecule has 0 atom stereocenters. The fraction of sp³-hybridized carbons (Fsp3) is 0.136. The molecular formula is C22H21N5O5S. The zero-order valence-electron chi connectivity index (χ0n) is 18.1. The molecule has 2 heterocycles. The number of aryl methyl sites for hydroxylation is 1. The summed E-state index contributed by atoms with van der Waals surface area (Å²) in [6.45, 7) is 1.76. The first-order valence-electron chi connectivity index (χ1n) is 9.76. The lowest BCUT2D eigenvalue weighted by Crippen LogP contribution is -2.14. The second kappa shape index (κ2) is 9.17. The Morgan fingerprint density at radius 3 is 2.36 bits per heavy atom. The van der Waals surface area contributed by atoms with Crippen LogP contribution in [0.5, 0.6) is 23.1 Å². The van der Waals surface area contributed by atoms with Gasteiger partial charge in [-0.25, -0.2) is 18.1 Å². The fourth-order valence-corrected chi connectivity index (χ4v) is 4.23. The average Bonchev–Trinajstić information content (AvgIpc) is 3.34. The Labute approximate surface area is 190 Å². The number of aromatic nitrogens is 4. The largest absolute Gasteiger partial charge is 0.497 e. The Morgan fingerprint density at radius 1 is 0.939 bits per heavy atom. The summed E-state index contributed by atoms with van der Waals surface area (Å²) in [6, 6.07) is 14.4. The molecule has 170 valence electrons. The van der Waals surface area contributed by atoms with Gasteiger partial charge in [0.1, 0.15) is 28.0 Å². The van der Waals surface area contributed by atoms with E-state index in [1.807, 2.05) is 0 Å². The van der Waals surface area contributed by atoms with Crippen LogP contribution in [-0.4, -0.2) is 42.4 Å². The Kier molecular flexibility index (Phi) is 6.13. The van der Waals surface area contributed by atoms with Crippen LogP contribution < -0.4 is 18.9 Å². The number of anilines is 1. The molecule has 0 aliphatic rings. The van der Waals surface area contributed by atoms with E-state index in [4.69, 9.17) is 14.2 Å². The third kappa shape index (κ3) is 5.04. The Balaban J connectivity index is 1.51. The van der Waals surface area contributed by atoms with Gasteiger partial charge in [0.2, 0.25) is 5.88 Å². The number of nitrogens with one attached hydrogen (secondary N) is 1. The molecule has 2 aromatic carbocycles. The lowest BCUT2D eigenvalue weighted by atomic mass is 10.3. The highest BCUT2D eigenvalue weighted by Gasteiger charge is 2.20. The van der Waals surface area contributed by atoms with Crippen LogP contribution in [0.2, 0.25) is 0 Å². The molecular weight excluding hydrogens is 446 g/mol. The maximum absolute atomic E-state index is 12.9. The van der Waals surface area contributed by atoms with Gasteiger partial charge < -0.3 is 14.2 Å². The normalized spacial score (nSPS) is 11.1. The molecule has 0 unspecified atom stereocenters. The van der Waals surface area contributed by atoms with Gasteiger partial charge in [-0.05, 0) is 49.4 Å². The quantitative estimate of drug-likeness (QED) is 0.418. The summed E-state index contributed by atoms with van der Waals surface area (Å²) in [6.07, 6.45) is 3.42. The summed E-state index contributed by atoms with van der Waals surface area (Å²) in [7, 11) is -1.00. The maximum Gasteiger partial charge on any atom is 0.265 e. The second-order valence-corrected chi connectivity index (χ2v) is 8.46. The molecule has 0 saturated heterocycles. The average molecular weight is 468 g/mol. The van der Waals surface area contributed by atoms with Crippen LogP contribution >= 0.6 is 0 Å². The van der Waals surface area contributed by atoms with Gasteiger partial charge in [-0.15, -0.1) is 0 Å². The van der Waals surface area contributed by atoms with Gasteiger partial charge in [0.25, 0.3) is 10.0 Å². The predicted molar refractivity (Wildman–Crippen MR) is 121 cm³/mol. The van der Waals surface area contributed by atoms with Crippen molar-refractivity contribution in [2.45, 2.75) is 11.8 Å². The van der Waals surface area contributed by atoms with E-state index in [0.29, 0.717) is 34.7 Å². The first kappa shape index (κ1) is 22.1. The maximum atomic E-state index is 12.9. The van der Waals surface area contributed by atoms with E-state index in [1.165, 1.54) is 26.4 Å². The minimum absolute atomic E-state index is 0.00580. The molecule has 0 aliphatic heterocycles. The highest BCUT2D eigenvalue weighted by Crippen LogP contribution is 2.30. The van der Waals surface area contributed by atoms with Gasteiger partial charge >= 0.3 is 0 Å². The first-order valence-corrected chi connectivity index (χ1v) is 11.2. The molecule has 10 nitrogen and oxygen atoms in total. The van der Waals surface area contributed by atoms with Crippen LogP contribution in [0.25, 0.3) is 5.82 Å². The van der Waals surface area contributed by atoms with Crippen LogP contribution in [0.4, 0.5) is 5.69 Å². The molecule has 4 aromatic rings. The van der Waals surface area contributed by atoms with Crippen LogP contribution in [-0.2, 0) is 10.0 Å². The molecule has 2 aromatic heterocycles. The smallest absolute Gasteiger partial charge is 0.265 e. The molecule has 11 heteroatoms. The number of rotatable bonds is 8. The van der Waals surface area contributed by atoms with Crippen LogP contribution in [0.3, 0.4) is 0 Å². The number of benzene rings is 2. The molecule has 1 N–H and O–H groups in total. The number of sulfonamides is 1. The van der Waals surface area contributed by atoms with Crippen molar-refractivity contribution in [3.63, 3.8) is 0 Å². The van der Waals surface area contributed by atoms with Gasteiger partial charge in [0.15, 0.2) is 5.82 Å². The van der Waals surface area contributed by atoms with Gasteiger partial charge in [0, 0.05) is 30.2 Å². The third-order valence-corrected chi connectivity index (χ3v) is 5.95. The fourth-order valence-electron chi connectivity index (χ4n) is 3.02. The molecule has 0 fully saturated rings. The molecule has 0 bridgehead atoms. The van der Waals surface area contributed by atoms with E-state index in [1.54, 1.807) is 66.5 Å². The van der Waals surface area contributed by atoms with Crippen LogP contribution in [0.15, 0.2) is 71.9 Å². The minimum atomic E-state index is -3.89. The van der Waals surface area contributed by atoms with E-state index in [9.17, 15) is 8.42 Å². The number of ether oxygens (including phenoxy) is 3. The van der Waals surface area contributed by atoms with Gasteiger partial charge in [-0.1, -0.05) is 0 Å². The molecule has 4 rings (SSSR count). The van der Waals surface area contributed by atoms with Gasteiger partial charge in [-0.2, -0.15) is 10.1 Å². The summed E-state index contributed by atoms with van der Waals surface area (Å²) in [5, 5.41) is 4.16. The molecule has 0 aliphatic carbocycles. The molecule has 33 heavy (non-hydrogen) atoms. The van der Waals surface area contributed by atoms with Crippen molar-refractivity contribution in [2.75, 3.05) is 18.9 Å². The standard InChI is InChI=1S/C22H21N5O5S/c1-15-24-21(27-12-4-11-23-27)14-22(25-15)32-17-7-5-16(6-8-17)26-33(28,29)20-10-9-18(30-2)13-19(20)31-3/h4-14,26H,1-3H3. The van der Waals surface area contributed by atoms with Crippen molar-refractivity contribution in [1.29, 1.82) is 0 Å². The topological polar surface area (TPSA) is 117 Å². The van der Waals surface area contributed by atoms with Crippen LogP contribution in [0, 0.1) is 6.92 Å². The molecule has 0 saturated carbocycles. The third-order valence-electron chi connectivity index (χ3n) is 4.53.